The Balaban J connectivity index is 2.13. The molecule has 1 unspecified atom stereocenters. The van der Waals surface area contributed by atoms with Crippen LogP contribution in [0.25, 0.3) is 0 Å². The minimum absolute atomic E-state index is 0.152. The van der Waals surface area contributed by atoms with E-state index in [1.807, 2.05) is 4.90 Å². The van der Waals surface area contributed by atoms with Gasteiger partial charge in [-0.1, -0.05) is 26.2 Å². The Morgan fingerprint density at radius 3 is 2.75 bits per heavy atom. The summed E-state index contributed by atoms with van der Waals surface area (Å²) in [4.78, 5) is 17.5. The Bertz CT molecular complexity index is 322. The number of carbonyl (C=O) groups is 1. The van der Waals surface area contributed by atoms with E-state index in [0.29, 0.717) is 5.84 Å². The van der Waals surface area contributed by atoms with Crippen LogP contribution in [-0.2, 0) is 0 Å². The fourth-order valence-corrected chi connectivity index (χ4v) is 2.67. The third-order valence-electron chi connectivity index (χ3n) is 3.95. The first-order valence-corrected chi connectivity index (χ1v) is 6.24. The van der Waals surface area contributed by atoms with Gasteiger partial charge in [-0.15, -0.1) is 0 Å². The van der Waals surface area contributed by atoms with Gasteiger partial charge in [-0.2, -0.15) is 4.99 Å². The monoisotopic (exact) mass is 223 g/mol. The quantitative estimate of drug-likeness (QED) is 0.793. The second kappa shape index (κ2) is 4.07. The molecule has 0 aromatic heterocycles. The summed E-state index contributed by atoms with van der Waals surface area (Å²) < 4.78 is 0. The van der Waals surface area contributed by atoms with Crippen LogP contribution in [0.1, 0.15) is 46.0 Å². The first-order valence-electron chi connectivity index (χ1n) is 6.24. The maximum absolute atomic E-state index is 11.7. The zero-order valence-electron chi connectivity index (χ0n) is 10.2. The average Bonchev–Trinajstić information content (AvgIpc) is 2.37. The number of urea groups is 1. The predicted octanol–water partition coefficient (Wildman–Crippen LogP) is 2.14. The maximum atomic E-state index is 11.7. The Labute approximate surface area is 96.9 Å². The molecule has 2 aliphatic rings. The zero-order valence-corrected chi connectivity index (χ0v) is 10.2. The van der Waals surface area contributed by atoms with E-state index >= 15 is 0 Å². The van der Waals surface area contributed by atoms with Crippen LogP contribution >= 0.6 is 0 Å². The van der Waals surface area contributed by atoms with Crippen molar-refractivity contribution in [1.29, 1.82) is 0 Å². The minimum atomic E-state index is -0.321. The molecule has 2 amide bonds. The van der Waals surface area contributed by atoms with Crippen molar-refractivity contribution in [2.45, 2.75) is 51.5 Å². The average molecular weight is 223 g/mol. The van der Waals surface area contributed by atoms with Gasteiger partial charge in [-0.3, -0.25) is 0 Å². The highest BCUT2D eigenvalue weighted by molar-refractivity contribution is 6.05. The van der Waals surface area contributed by atoms with E-state index in [0.717, 1.165) is 25.3 Å². The largest absolute Gasteiger partial charge is 0.385 e. The zero-order chi connectivity index (χ0) is 11.8. The van der Waals surface area contributed by atoms with Crippen LogP contribution in [0.5, 0.6) is 0 Å². The fraction of sp³-hybridized carbons (Fsp3) is 0.833. The fourth-order valence-electron chi connectivity index (χ4n) is 2.67. The summed E-state index contributed by atoms with van der Waals surface area (Å²) in [5.74, 6) is 1.24. The molecule has 90 valence electrons. The van der Waals surface area contributed by atoms with Crippen molar-refractivity contribution < 1.29 is 4.79 Å². The SMILES string of the molecule is CCCN1C(=O)N=C(N)C1(C)CC1CCC1. The number of carbonyl (C=O) groups excluding carboxylic acids is 1. The summed E-state index contributed by atoms with van der Waals surface area (Å²) in [7, 11) is 0. The van der Waals surface area contributed by atoms with E-state index in [1.165, 1.54) is 19.3 Å². The standard InChI is InChI=1S/C12H21N3O/c1-3-7-15-11(16)14-10(13)12(15,2)8-9-5-4-6-9/h9H,3-8H2,1-2H3,(H2,13,14,16). The van der Waals surface area contributed by atoms with Crippen molar-refractivity contribution in [3.8, 4) is 0 Å². The molecule has 1 aliphatic carbocycles. The van der Waals surface area contributed by atoms with Crippen LogP contribution in [0, 0.1) is 5.92 Å². The Morgan fingerprint density at radius 1 is 1.56 bits per heavy atom. The third-order valence-corrected chi connectivity index (χ3v) is 3.95. The highest BCUT2D eigenvalue weighted by atomic mass is 16.2. The van der Waals surface area contributed by atoms with Crippen LogP contribution in [-0.4, -0.2) is 28.9 Å². The number of hydrogen-bond donors (Lipinski definition) is 1. The van der Waals surface area contributed by atoms with Crippen molar-refractivity contribution >= 4 is 11.9 Å². The number of aliphatic imine (C=N–C) groups is 1. The van der Waals surface area contributed by atoms with E-state index in [9.17, 15) is 4.79 Å². The topological polar surface area (TPSA) is 58.7 Å². The second-order valence-electron chi connectivity index (χ2n) is 5.21. The molecule has 16 heavy (non-hydrogen) atoms. The van der Waals surface area contributed by atoms with Gasteiger partial charge in [0.15, 0.2) is 0 Å². The summed E-state index contributed by atoms with van der Waals surface area (Å²) in [5.41, 5.74) is 5.62. The lowest BCUT2D eigenvalue weighted by molar-refractivity contribution is 0.143. The van der Waals surface area contributed by atoms with E-state index in [-0.39, 0.29) is 11.6 Å². The molecule has 1 aliphatic heterocycles. The van der Waals surface area contributed by atoms with E-state index in [4.69, 9.17) is 5.73 Å². The van der Waals surface area contributed by atoms with Gasteiger partial charge >= 0.3 is 6.03 Å². The third kappa shape index (κ3) is 1.70. The summed E-state index contributed by atoms with van der Waals surface area (Å²) in [5, 5.41) is 0. The van der Waals surface area contributed by atoms with Crippen molar-refractivity contribution in [2.24, 2.45) is 16.6 Å². The molecule has 0 spiro atoms. The molecule has 2 N–H and O–H groups in total. The van der Waals surface area contributed by atoms with Crippen LogP contribution < -0.4 is 5.73 Å². The number of nitrogens with two attached hydrogens (primary N) is 1. The molecule has 0 saturated heterocycles. The van der Waals surface area contributed by atoms with Gasteiger partial charge in [0.1, 0.15) is 5.84 Å². The summed E-state index contributed by atoms with van der Waals surface area (Å²) in [6.45, 7) is 4.89. The highest BCUT2D eigenvalue weighted by Gasteiger charge is 2.45. The van der Waals surface area contributed by atoms with Crippen LogP contribution in [0.15, 0.2) is 4.99 Å². The highest BCUT2D eigenvalue weighted by Crippen LogP contribution is 2.38. The lowest BCUT2D eigenvalue weighted by Crippen LogP contribution is -2.53. The van der Waals surface area contributed by atoms with Gasteiger partial charge in [-0.25, -0.2) is 4.79 Å². The van der Waals surface area contributed by atoms with Crippen molar-refractivity contribution in [2.75, 3.05) is 6.54 Å². The van der Waals surface area contributed by atoms with Crippen LogP contribution in [0.4, 0.5) is 4.79 Å². The van der Waals surface area contributed by atoms with Crippen molar-refractivity contribution in [3.05, 3.63) is 0 Å². The summed E-state index contributed by atoms with van der Waals surface area (Å²) >= 11 is 0. The van der Waals surface area contributed by atoms with E-state index in [1.54, 1.807) is 0 Å². The maximum Gasteiger partial charge on any atom is 0.346 e. The van der Waals surface area contributed by atoms with Crippen LogP contribution in [0.2, 0.25) is 0 Å². The van der Waals surface area contributed by atoms with E-state index < -0.39 is 0 Å². The molecule has 2 rings (SSSR count). The molecular formula is C12H21N3O. The molecule has 1 saturated carbocycles. The summed E-state index contributed by atoms with van der Waals surface area (Å²) in [6.07, 6.45) is 5.80. The van der Waals surface area contributed by atoms with Crippen molar-refractivity contribution in [3.63, 3.8) is 0 Å². The Morgan fingerprint density at radius 2 is 2.25 bits per heavy atom. The number of rotatable bonds is 4. The van der Waals surface area contributed by atoms with Crippen molar-refractivity contribution in [1.82, 2.24) is 4.90 Å². The molecule has 4 nitrogen and oxygen atoms in total. The molecule has 1 heterocycles. The van der Waals surface area contributed by atoms with E-state index in [2.05, 4.69) is 18.8 Å². The molecule has 1 fully saturated rings. The Kier molecular flexibility index (Phi) is 2.91. The van der Waals surface area contributed by atoms with Gasteiger partial charge in [-0.05, 0) is 25.7 Å². The normalized spacial score (nSPS) is 30.5. The lowest BCUT2D eigenvalue weighted by atomic mass is 9.76. The molecule has 1 atom stereocenters. The number of nitrogens with zero attached hydrogens (tertiary/aromatic N) is 2. The van der Waals surface area contributed by atoms with Gasteiger partial charge in [0.2, 0.25) is 0 Å². The first kappa shape index (κ1) is 11.4. The molecule has 4 heteroatoms. The lowest BCUT2D eigenvalue weighted by Gasteiger charge is -2.39. The van der Waals surface area contributed by atoms with Gasteiger partial charge < -0.3 is 10.6 Å². The number of amidine groups is 1. The molecule has 0 bridgehead atoms. The molecule has 0 aromatic carbocycles. The second-order valence-corrected chi connectivity index (χ2v) is 5.21. The Hall–Kier alpha value is -1.06. The smallest absolute Gasteiger partial charge is 0.346 e. The minimum Gasteiger partial charge on any atom is -0.385 e. The predicted molar refractivity (Wildman–Crippen MR) is 64.4 cm³/mol. The van der Waals surface area contributed by atoms with Gasteiger partial charge in [0, 0.05) is 6.54 Å². The number of amides is 2. The van der Waals surface area contributed by atoms with Crippen LogP contribution in [0.3, 0.4) is 0 Å². The summed E-state index contributed by atoms with van der Waals surface area (Å²) in [6, 6.07) is -0.152. The molecule has 0 aromatic rings. The van der Waals surface area contributed by atoms with Gasteiger partial charge in [0.05, 0.1) is 5.54 Å². The molecular weight excluding hydrogens is 202 g/mol. The van der Waals surface area contributed by atoms with Gasteiger partial charge in [0.25, 0.3) is 0 Å². The first-order chi connectivity index (χ1) is 7.58. The number of hydrogen-bond acceptors (Lipinski definition) is 2. The molecule has 0 radical (unpaired) electrons.